The molecule has 0 bridgehead atoms. The Balaban J connectivity index is 0.911. The number of rotatable bonds is 6. The van der Waals surface area contributed by atoms with Gasteiger partial charge >= 0.3 is 0 Å². The maximum absolute atomic E-state index is 2.44. The molecule has 8 aromatic rings. The van der Waals surface area contributed by atoms with Gasteiger partial charge in [0.05, 0.1) is 16.4 Å². The highest BCUT2D eigenvalue weighted by atomic mass is 15.1. The number of hydrogen-bond acceptors (Lipinski definition) is 1. The van der Waals surface area contributed by atoms with E-state index in [-0.39, 0.29) is 0 Å². The third-order valence-electron chi connectivity index (χ3n) is 13.9. The van der Waals surface area contributed by atoms with Gasteiger partial charge in [-0.1, -0.05) is 200 Å². The summed E-state index contributed by atoms with van der Waals surface area (Å²) in [4.78, 5) is 2.44. The number of allylic oxidation sites excluding steroid dienone is 14. The van der Waals surface area contributed by atoms with Crippen LogP contribution >= 0.6 is 0 Å². The predicted molar refractivity (Wildman–Crippen MR) is 274 cm³/mol. The van der Waals surface area contributed by atoms with Crippen LogP contribution in [0.4, 0.5) is 5.69 Å². The lowest BCUT2D eigenvalue weighted by Crippen LogP contribution is -2.29. The summed E-state index contributed by atoms with van der Waals surface area (Å²) < 4.78 is 2.38. The van der Waals surface area contributed by atoms with Gasteiger partial charge in [-0.25, -0.2) is 0 Å². The molecule has 2 heterocycles. The zero-order chi connectivity index (χ0) is 43.2. The van der Waals surface area contributed by atoms with Crippen LogP contribution in [0.1, 0.15) is 46.2 Å². The molecule has 0 fully saturated rings. The average molecular weight is 833 g/mol. The summed E-state index contributed by atoms with van der Waals surface area (Å²) in [6.45, 7) is 0.817. The number of nitrogens with zero attached hydrogens (tertiary/aromatic N) is 2. The molecule has 310 valence electrons. The van der Waals surface area contributed by atoms with Crippen molar-refractivity contribution in [2.75, 3.05) is 11.4 Å². The fourth-order valence-corrected chi connectivity index (χ4v) is 10.9. The molecule has 1 aromatic heterocycles. The van der Waals surface area contributed by atoms with Gasteiger partial charge in [0.2, 0.25) is 0 Å². The predicted octanol–water partition coefficient (Wildman–Crippen LogP) is 15.5. The fraction of sp³-hybridized carbons (Fsp3) is 0.0794. The van der Waals surface area contributed by atoms with E-state index < -0.39 is 5.41 Å². The summed E-state index contributed by atoms with van der Waals surface area (Å²) in [6.07, 6.45) is 29.9. The van der Waals surface area contributed by atoms with E-state index in [1.165, 1.54) is 94.4 Å². The van der Waals surface area contributed by atoms with Crippen LogP contribution in [-0.2, 0) is 11.8 Å². The molecule has 0 saturated heterocycles. The molecule has 0 spiro atoms. The van der Waals surface area contributed by atoms with E-state index in [4.69, 9.17) is 0 Å². The summed E-state index contributed by atoms with van der Waals surface area (Å²) in [5, 5.41) is 2.55. The Hall–Kier alpha value is -7.94. The van der Waals surface area contributed by atoms with Crippen molar-refractivity contribution < 1.29 is 0 Å². The SMILES string of the molecule is C1=CCC2=C(C=C1)C(c1ccc(C3=CC=C(N4C/C=C\C=C/Cc5ccccc54)C=CC3)cc1)(c1ccc(-c3ccc(-n4c5ccccc5c5ccccc54)cc3)cc1)c1ccccc12. The number of benzene rings is 7. The molecule has 4 aliphatic rings. The van der Waals surface area contributed by atoms with Crippen LogP contribution in [0.15, 0.2) is 254 Å². The highest BCUT2D eigenvalue weighted by molar-refractivity contribution is 6.09. The van der Waals surface area contributed by atoms with Gasteiger partial charge < -0.3 is 9.47 Å². The molecule has 0 saturated carbocycles. The van der Waals surface area contributed by atoms with Gasteiger partial charge in [-0.3, -0.25) is 0 Å². The first kappa shape index (κ1) is 38.7. The number of para-hydroxylation sites is 3. The average Bonchev–Trinajstić information content (AvgIpc) is 3.58. The van der Waals surface area contributed by atoms with E-state index in [0.717, 1.165) is 31.5 Å². The summed E-state index contributed by atoms with van der Waals surface area (Å²) in [5.41, 5.74) is 19.9. The third-order valence-corrected chi connectivity index (χ3v) is 13.9. The third kappa shape index (κ3) is 6.56. The second-order valence-electron chi connectivity index (χ2n) is 17.4. The van der Waals surface area contributed by atoms with Gasteiger partial charge in [0, 0.05) is 34.4 Å². The molecule has 2 nitrogen and oxygen atoms in total. The van der Waals surface area contributed by atoms with Gasteiger partial charge in [-0.2, -0.15) is 0 Å². The van der Waals surface area contributed by atoms with E-state index in [2.05, 4.69) is 252 Å². The molecule has 2 heteroatoms. The second kappa shape index (κ2) is 16.3. The first-order valence-electron chi connectivity index (χ1n) is 23.0. The van der Waals surface area contributed by atoms with Crippen LogP contribution < -0.4 is 4.90 Å². The van der Waals surface area contributed by atoms with Crippen molar-refractivity contribution in [2.45, 2.75) is 24.7 Å². The van der Waals surface area contributed by atoms with Crippen LogP contribution in [0.3, 0.4) is 0 Å². The second-order valence-corrected chi connectivity index (χ2v) is 17.4. The largest absolute Gasteiger partial charge is 0.337 e. The Morgan fingerprint density at radius 3 is 1.83 bits per heavy atom. The molecule has 1 aliphatic heterocycles. The summed E-state index contributed by atoms with van der Waals surface area (Å²) in [5.74, 6) is 0. The molecule has 0 radical (unpaired) electrons. The van der Waals surface area contributed by atoms with Crippen molar-refractivity contribution in [1.82, 2.24) is 4.57 Å². The topological polar surface area (TPSA) is 8.17 Å². The molecule has 0 amide bonds. The zero-order valence-corrected chi connectivity index (χ0v) is 36.3. The highest BCUT2D eigenvalue weighted by Gasteiger charge is 2.46. The number of fused-ring (bicyclic) bond motifs is 6. The van der Waals surface area contributed by atoms with Gasteiger partial charge in [0.1, 0.15) is 0 Å². The standard InChI is InChI=1S/C63H48N2/c1-2-15-44-64(60-27-12-7-18-49(60)17-4-1)52-20-16-19-45(34-41-52)46-30-37-50(38-31-46)63(58-25-6-3-5-21-54(58)55-22-8-11-26-59(55)63)51-39-32-47(33-40-51)48-35-42-53(43-36-48)65-61-28-13-9-23-56(61)57-24-10-14-29-62(57)65/h1-16,18,20,22-43H,17,19,21,44H2/b4-1-,15-2-. The van der Waals surface area contributed by atoms with Crippen molar-refractivity contribution in [3.63, 3.8) is 0 Å². The fourth-order valence-electron chi connectivity index (χ4n) is 10.9. The lowest BCUT2D eigenvalue weighted by Gasteiger charge is -2.35. The molecular formula is C63H48N2. The van der Waals surface area contributed by atoms with E-state index in [1.807, 2.05) is 0 Å². The van der Waals surface area contributed by atoms with Crippen molar-refractivity contribution in [3.8, 4) is 16.8 Å². The minimum atomic E-state index is -0.476. The minimum Gasteiger partial charge on any atom is -0.337 e. The minimum absolute atomic E-state index is 0.476. The van der Waals surface area contributed by atoms with Gasteiger partial charge in [0.25, 0.3) is 0 Å². The maximum atomic E-state index is 2.44. The maximum Gasteiger partial charge on any atom is 0.0710 e. The van der Waals surface area contributed by atoms with Gasteiger partial charge in [0.15, 0.2) is 0 Å². The van der Waals surface area contributed by atoms with E-state index in [0.29, 0.717) is 0 Å². The number of aromatic nitrogens is 1. The molecule has 3 aliphatic carbocycles. The lowest BCUT2D eigenvalue weighted by molar-refractivity contribution is 0.761. The molecule has 0 N–H and O–H groups in total. The van der Waals surface area contributed by atoms with Gasteiger partial charge in [-0.15, -0.1) is 0 Å². The zero-order valence-electron chi connectivity index (χ0n) is 36.3. The summed E-state index contributed by atoms with van der Waals surface area (Å²) in [7, 11) is 0. The van der Waals surface area contributed by atoms with Crippen molar-refractivity contribution >= 4 is 38.6 Å². The van der Waals surface area contributed by atoms with Crippen LogP contribution in [0, 0.1) is 0 Å². The number of anilines is 1. The van der Waals surface area contributed by atoms with E-state index >= 15 is 0 Å². The normalized spacial score (nSPS) is 18.7. The first-order valence-corrected chi connectivity index (χ1v) is 23.0. The van der Waals surface area contributed by atoms with Gasteiger partial charge in [-0.05, 0) is 123 Å². The molecular weight excluding hydrogens is 785 g/mol. The number of hydrogen-bond donors (Lipinski definition) is 0. The monoisotopic (exact) mass is 832 g/mol. The van der Waals surface area contributed by atoms with Crippen LogP contribution in [0.5, 0.6) is 0 Å². The van der Waals surface area contributed by atoms with Crippen LogP contribution in [-0.4, -0.2) is 11.1 Å². The van der Waals surface area contributed by atoms with E-state index in [9.17, 15) is 0 Å². The van der Waals surface area contributed by atoms with Crippen molar-refractivity contribution in [1.29, 1.82) is 0 Å². The molecule has 12 rings (SSSR count). The van der Waals surface area contributed by atoms with Crippen LogP contribution in [0.25, 0.3) is 49.8 Å². The van der Waals surface area contributed by atoms with Crippen molar-refractivity contribution in [3.05, 3.63) is 287 Å². The lowest BCUT2D eigenvalue weighted by atomic mass is 9.66. The Bertz CT molecular complexity index is 3340. The quantitative estimate of drug-likeness (QED) is 0.162. The smallest absolute Gasteiger partial charge is 0.0710 e. The van der Waals surface area contributed by atoms with Crippen molar-refractivity contribution in [2.24, 2.45) is 0 Å². The Morgan fingerprint density at radius 2 is 1.06 bits per heavy atom. The Morgan fingerprint density at radius 1 is 0.446 bits per heavy atom. The van der Waals surface area contributed by atoms with Crippen LogP contribution in [0.2, 0.25) is 0 Å². The first-order chi connectivity index (χ1) is 32.3. The molecule has 1 atom stereocenters. The summed E-state index contributed by atoms with van der Waals surface area (Å²) in [6, 6.07) is 63.3. The molecule has 7 aromatic carbocycles. The molecule has 1 unspecified atom stereocenters. The van der Waals surface area contributed by atoms with E-state index in [1.54, 1.807) is 0 Å². The Kier molecular flexibility index (Phi) is 9.72. The Labute approximate surface area is 381 Å². The molecule has 65 heavy (non-hydrogen) atoms. The highest BCUT2D eigenvalue weighted by Crippen LogP contribution is 2.56. The summed E-state index contributed by atoms with van der Waals surface area (Å²) >= 11 is 0.